The van der Waals surface area contributed by atoms with Gasteiger partial charge >= 0.3 is 0 Å². The van der Waals surface area contributed by atoms with Gasteiger partial charge in [-0.05, 0) is 18.2 Å². The first-order valence-corrected chi connectivity index (χ1v) is 7.17. The van der Waals surface area contributed by atoms with Gasteiger partial charge in [0.15, 0.2) is 11.5 Å². The minimum Gasteiger partial charge on any atom is -0.490 e. The van der Waals surface area contributed by atoms with Crippen molar-refractivity contribution in [3.8, 4) is 11.5 Å². The third-order valence-electron chi connectivity index (χ3n) is 3.17. The normalized spacial score (nSPS) is 13.4. The number of halogens is 2. The maximum atomic E-state index is 13.2. The summed E-state index contributed by atoms with van der Waals surface area (Å²) >= 11 is 6.15. The van der Waals surface area contributed by atoms with Gasteiger partial charge in [0, 0.05) is 24.1 Å². The van der Waals surface area contributed by atoms with Gasteiger partial charge < -0.3 is 14.8 Å². The number of fused-ring (bicyclic) bond motifs is 1. The Balaban J connectivity index is 1.86. The Morgan fingerprint density at radius 2 is 1.86 bits per heavy atom. The van der Waals surface area contributed by atoms with Gasteiger partial charge in [-0.1, -0.05) is 17.7 Å². The summed E-state index contributed by atoms with van der Waals surface area (Å²) < 4.78 is 24.2. The monoisotopic (exact) mass is 321 g/mol. The number of nitrogens with one attached hydrogen (secondary N) is 1. The summed E-state index contributed by atoms with van der Waals surface area (Å²) in [5.41, 5.74) is 0.600. The fourth-order valence-corrected chi connectivity index (χ4v) is 2.30. The predicted octanol–water partition coefficient (Wildman–Crippen LogP) is 3.89. The molecule has 0 aromatic heterocycles. The molecule has 0 spiro atoms. The average molecular weight is 322 g/mol. The highest BCUT2D eigenvalue weighted by Crippen LogP contribution is 2.37. The summed E-state index contributed by atoms with van der Waals surface area (Å²) in [6.45, 7) is 1.09. The molecule has 0 unspecified atom stereocenters. The van der Waals surface area contributed by atoms with Crippen LogP contribution >= 0.6 is 11.6 Å². The first-order chi connectivity index (χ1) is 10.6. The van der Waals surface area contributed by atoms with Gasteiger partial charge in [0.25, 0.3) is 5.91 Å². The molecule has 3 rings (SSSR count). The molecule has 114 valence electrons. The zero-order chi connectivity index (χ0) is 15.5. The van der Waals surface area contributed by atoms with E-state index in [4.69, 9.17) is 21.1 Å². The highest BCUT2D eigenvalue weighted by atomic mass is 35.5. The third kappa shape index (κ3) is 3.14. The number of ether oxygens (including phenoxy) is 2. The standard InChI is InChI=1S/C16H13ClFNO3/c17-12-8-14-15(22-6-2-5-21-14)9-13(12)19-16(20)10-3-1-4-11(18)7-10/h1,3-4,7-9H,2,5-6H2,(H,19,20). The summed E-state index contributed by atoms with van der Waals surface area (Å²) in [6.07, 6.45) is 0.775. The van der Waals surface area contributed by atoms with Crippen LogP contribution in [0.3, 0.4) is 0 Å². The zero-order valence-electron chi connectivity index (χ0n) is 11.6. The van der Waals surface area contributed by atoms with Crippen LogP contribution in [0.1, 0.15) is 16.8 Å². The maximum Gasteiger partial charge on any atom is 0.255 e. The van der Waals surface area contributed by atoms with E-state index in [1.807, 2.05) is 0 Å². The van der Waals surface area contributed by atoms with Crippen LogP contribution in [0.5, 0.6) is 11.5 Å². The van der Waals surface area contributed by atoms with Gasteiger partial charge in [-0.3, -0.25) is 4.79 Å². The van der Waals surface area contributed by atoms with E-state index >= 15 is 0 Å². The van der Waals surface area contributed by atoms with Gasteiger partial charge in [0.2, 0.25) is 0 Å². The lowest BCUT2D eigenvalue weighted by atomic mass is 10.2. The third-order valence-corrected chi connectivity index (χ3v) is 3.48. The van der Waals surface area contributed by atoms with E-state index in [0.717, 1.165) is 12.5 Å². The molecule has 0 saturated carbocycles. The number of rotatable bonds is 2. The van der Waals surface area contributed by atoms with Gasteiger partial charge in [-0.25, -0.2) is 4.39 Å². The lowest BCUT2D eigenvalue weighted by molar-refractivity contribution is 0.102. The Morgan fingerprint density at radius 1 is 1.14 bits per heavy atom. The number of amides is 1. The number of hydrogen-bond acceptors (Lipinski definition) is 3. The molecule has 6 heteroatoms. The topological polar surface area (TPSA) is 47.6 Å². The molecular formula is C16H13ClFNO3. The number of benzene rings is 2. The number of carbonyl (C=O) groups is 1. The second-order valence-electron chi connectivity index (χ2n) is 4.79. The van der Waals surface area contributed by atoms with Crippen LogP contribution in [0.25, 0.3) is 0 Å². The fraction of sp³-hybridized carbons (Fsp3) is 0.188. The van der Waals surface area contributed by atoms with Crippen LogP contribution in [0.15, 0.2) is 36.4 Å². The van der Waals surface area contributed by atoms with Crippen LogP contribution in [-0.4, -0.2) is 19.1 Å². The first kappa shape index (κ1) is 14.7. The molecular weight excluding hydrogens is 309 g/mol. The van der Waals surface area contributed by atoms with Crippen molar-refractivity contribution in [1.82, 2.24) is 0 Å². The van der Waals surface area contributed by atoms with Gasteiger partial charge in [-0.15, -0.1) is 0 Å². The summed E-state index contributed by atoms with van der Waals surface area (Å²) in [4.78, 5) is 12.1. The molecule has 4 nitrogen and oxygen atoms in total. The van der Waals surface area contributed by atoms with Gasteiger partial charge in [0.05, 0.1) is 23.9 Å². The molecule has 0 bridgehead atoms. The maximum absolute atomic E-state index is 13.2. The molecule has 1 amide bonds. The van der Waals surface area contributed by atoms with Crippen molar-refractivity contribution in [3.63, 3.8) is 0 Å². The van der Waals surface area contributed by atoms with Crippen molar-refractivity contribution in [3.05, 3.63) is 52.8 Å². The number of anilines is 1. The van der Waals surface area contributed by atoms with Crippen LogP contribution in [0, 0.1) is 5.82 Å². The second-order valence-corrected chi connectivity index (χ2v) is 5.20. The molecule has 0 fully saturated rings. The van der Waals surface area contributed by atoms with E-state index < -0.39 is 11.7 Å². The molecule has 1 aliphatic rings. The largest absolute Gasteiger partial charge is 0.490 e. The van der Waals surface area contributed by atoms with E-state index in [1.165, 1.54) is 18.2 Å². The first-order valence-electron chi connectivity index (χ1n) is 6.79. The van der Waals surface area contributed by atoms with E-state index in [2.05, 4.69) is 5.32 Å². The van der Waals surface area contributed by atoms with E-state index in [9.17, 15) is 9.18 Å². The minimum absolute atomic E-state index is 0.211. The van der Waals surface area contributed by atoms with E-state index in [-0.39, 0.29) is 5.56 Å². The number of carbonyl (C=O) groups excluding carboxylic acids is 1. The second kappa shape index (κ2) is 6.23. The van der Waals surface area contributed by atoms with Crippen LogP contribution in [-0.2, 0) is 0 Å². The average Bonchev–Trinajstić information content (AvgIpc) is 2.72. The Labute approximate surface area is 131 Å². The van der Waals surface area contributed by atoms with Crippen molar-refractivity contribution in [2.24, 2.45) is 0 Å². The molecule has 2 aromatic rings. The molecule has 1 heterocycles. The van der Waals surface area contributed by atoms with Crippen molar-refractivity contribution >= 4 is 23.2 Å². The zero-order valence-corrected chi connectivity index (χ0v) is 12.3. The van der Waals surface area contributed by atoms with E-state index in [1.54, 1.807) is 12.1 Å². The molecule has 22 heavy (non-hydrogen) atoms. The molecule has 1 aliphatic heterocycles. The van der Waals surface area contributed by atoms with Crippen molar-refractivity contribution in [2.75, 3.05) is 18.5 Å². The molecule has 0 aliphatic carbocycles. The summed E-state index contributed by atoms with van der Waals surface area (Å²) in [7, 11) is 0. The van der Waals surface area contributed by atoms with Crippen LogP contribution in [0.4, 0.5) is 10.1 Å². The molecule has 2 aromatic carbocycles. The Hall–Kier alpha value is -2.27. The lowest BCUT2D eigenvalue weighted by Crippen LogP contribution is -2.12. The number of hydrogen-bond donors (Lipinski definition) is 1. The Kier molecular flexibility index (Phi) is 4.15. The molecule has 0 radical (unpaired) electrons. The summed E-state index contributed by atoms with van der Waals surface area (Å²) in [5.74, 6) is 0.149. The fourth-order valence-electron chi connectivity index (χ4n) is 2.10. The molecule has 1 N–H and O–H groups in total. The Bertz CT molecular complexity index is 721. The highest BCUT2D eigenvalue weighted by molar-refractivity contribution is 6.34. The predicted molar refractivity (Wildman–Crippen MR) is 81.4 cm³/mol. The molecule has 0 saturated heterocycles. The quantitative estimate of drug-likeness (QED) is 0.912. The van der Waals surface area contributed by atoms with Gasteiger partial charge in [0.1, 0.15) is 5.82 Å². The SMILES string of the molecule is O=C(Nc1cc2c(cc1Cl)OCCCO2)c1cccc(F)c1. The van der Waals surface area contributed by atoms with Crippen molar-refractivity contribution < 1.29 is 18.7 Å². The van der Waals surface area contributed by atoms with Crippen LogP contribution in [0.2, 0.25) is 5.02 Å². The lowest BCUT2D eigenvalue weighted by Gasteiger charge is -2.12. The van der Waals surface area contributed by atoms with Crippen molar-refractivity contribution in [2.45, 2.75) is 6.42 Å². The van der Waals surface area contributed by atoms with E-state index in [0.29, 0.717) is 35.4 Å². The smallest absolute Gasteiger partial charge is 0.255 e. The Morgan fingerprint density at radius 3 is 2.59 bits per heavy atom. The van der Waals surface area contributed by atoms with Crippen LogP contribution < -0.4 is 14.8 Å². The molecule has 0 atom stereocenters. The highest BCUT2D eigenvalue weighted by Gasteiger charge is 2.16. The summed E-state index contributed by atoms with van der Waals surface area (Å²) in [5, 5.41) is 2.98. The van der Waals surface area contributed by atoms with Crippen molar-refractivity contribution in [1.29, 1.82) is 0 Å². The van der Waals surface area contributed by atoms with Gasteiger partial charge in [-0.2, -0.15) is 0 Å². The summed E-state index contributed by atoms with van der Waals surface area (Å²) in [6, 6.07) is 8.64. The minimum atomic E-state index is -0.475.